The van der Waals surface area contributed by atoms with Gasteiger partial charge in [-0.25, -0.2) is 9.37 Å². The van der Waals surface area contributed by atoms with Crippen LogP contribution in [-0.2, 0) is 14.3 Å². The summed E-state index contributed by atoms with van der Waals surface area (Å²) in [5.41, 5.74) is 1.67. The van der Waals surface area contributed by atoms with Crippen LogP contribution in [0.3, 0.4) is 0 Å². The summed E-state index contributed by atoms with van der Waals surface area (Å²) >= 11 is 1.53. The van der Waals surface area contributed by atoms with Crippen molar-refractivity contribution in [2.45, 2.75) is 57.7 Å². The Balaban J connectivity index is 1.40. The minimum Gasteiger partial charge on any atom is -0.381 e. The third-order valence-electron chi connectivity index (χ3n) is 7.69. The van der Waals surface area contributed by atoms with Gasteiger partial charge in [0.25, 0.3) is 0 Å². The molecular weight excluding hydrogens is 503 g/mol. The quantitative estimate of drug-likeness (QED) is 0.435. The SMILES string of the molecule is CCN[C@@H](C)C(=O)N[C@H](C(=O)N1CCC[C@H]1c1nc(-c2cccc3c(F)cccc23)cs1)C1CCOCC1. The molecule has 5 rings (SSSR count). The summed E-state index contributed by atoms with van der Waals surface area (Å²) in [6.07, 6.45) is 3.19. The molecule has 0 aliphatic carbocycles. The molecule has 0 bridgehead atoms. The molecule has 38 heavy (non-hydrogen) atoms. The number of fused-ring (bicyclic) bond motifs is 1. The Morgan fingerprint density at radius 3 is 2.71 bits per heavy atom. The molecule has 1 aromatic heterocycles. The first-order valence-corrected chi connectivity index (χ1v) is 14.4. The number of thiazole rings is 1. The van der Waals surface area contributed by atoms with E-state index >= 15 is 0 Å². The second kappa shape index (κ2) is 11.9. The highest BCUT2D eigenvalue weighted by Gasteiger charge is 2.40. The average molecular weight is 539 g/mol. The molecule has 2 aliphatic heterocycles. The van der Waals surface area contributed by atoms with E-state index in [1.807, 2.05) is 42.3 Å². The predicted molar refractivity (Wildman–Crippen MR) is 147 cm³/mol. The van der Waals surface area contributed by atoms with Gasteiger partial charge in [0.15, 0.2) is 0 Å². The van der Waals surface area contributed by atoms with E-state index in [2.05, 4.69) is 10.6 Å². The Morgan fingerprint density at radius 2 is 1.92 bits per heavy atom. The van der Waals surface area contributed by atoms with Crippen molar-refractivity contribution in [3.05, 3.63) is 52.6 Å². The number of likely N-dealkylation sites (N-methyl/N-ethyl adjacent to an activating group) is 1. The molecule has 2 aliphatic rings. The number of benzene rings is 2. The maximum atomic E-state index is 14.4. The van der Waals surface area contributed by atoms with Crippen LogP contribution in [0.15, 0.2) is 41.8 Å². The fourth-order valence-corrected chi connectivity index (χ4v) is 6.60. The van der Waals surface area contributed by atoms with Crippen molar-refractivity contribution in [2.75, 3.05) is 26.3 Å². The molecule has 0 radical (unpaired) electrons. The van der Waals surface area contributed by atoms with Gasteiger partial charge < -0.3 is 20.3 Å². The summed E-state index contributed by atoms with van der Waals surface area (Å²) in [6, 6.07) is 9.57. The zero-order valence-corrected chi connectivity index (χ0v) is 22.7. The lowest BCUT2D eigenvalue weighted by atomic mass is 9.90. The van der Waals surface area contributed by atoms with Gasteiger partial charge in [0.05, 0.1) is 17.8 Å². The molecule has 0 spiro atoms. The molecule has 7 nitrogen and oxygen atoms in total. The van der Waals surface area contributed by atoms with Crippen LogP contribution < -0.4 is 10.6 Å². The highest BCUT2D eigenvalue weighted by atomic mass is 32.1. The molecule has 202 valence electrons. The van der Waals surface area contributed by atoms with Crippen molar-refractivity contribution in [3.63, 3.8) is 0 Å². The maximum Gasteiger partial charge on any atom is 0.246 e. The Kier molecular flexibility index (Phi) is 8.35. The number of hydrogen-bond donors (Lipinski definition) is 2. The minimum absolute atomic E-state index is 0.0349. The lowest BCUT2D eigenvalue weighted by Crippen LogP contribution is -2.56. The molecule has 0 saturated carbocycles. The van der Waals surface area contributed by atoms with E-state index in [0.717, 1.165) is 47.3 Å². The third kappa shape index (κ3) is 5.46. The Labute approximate surface area is 226 Å². The number of carbonyl (C=O) groups is 2. The van der Waals surface area contributed by atoms with Crippen molar-refractivity contribution in [2.24, 2.45) is 5.92 Å². The molecule has 3 heterocycles. The number of carbonyl (C=O) groups excluding carboxylic acids is 2. The van der Waals surface area contributed by atoms with Crippen LogP contribution in [0.1, 0.15) is 50.6 Å². The number of rotatable bonds is 8. The van der Waals surface area contributed by atoms with Gasteiger partial charge in [0.1, 0.15) is 16.9 Å². The van der Waals surface area contributed by atoms with E-state index in [1.54, 1.807) is 12.1 Å². The normalized spacial score (nSPS) is 20.0. The average Bonchev–Trinajstić information content (AvgIpc) is 3.62. The molecule has 3 atom stereocenters. The van der Waals surface area contributed by atoms with Crippen molar-refractivity contribution in [1.29, 1.82) is 0 Å². The highest BCUT2D eigenvalue weighted by molar-refractivity contribution is 7.10. The first-order valence-electron chi connectivity index (χ1n) is 13.5. The van der Waals surface area contributed by atoms with Crippen LogP contribution in [0.25, 0.3) is 22.0 Å². The lowest BCUT2D eigenvalue weighted by molar-refractivity contribution is -0.140. The number of halogens is 1. The second-order valence-electron chi connectivity index (χ2n) is 10.1. The number of amides is 2. The summed E-state index contributed by atoms with van der Waals surface area (Å²) in [5, 5.41) is 10.5. The zero-order valence-electron chi connectivity index (χ0n) is 21.9. The highest BCUT2D eigenvalue weighted by Crippen LogP contribution is 2.38. The number of hydrogen-bond acceptors (Lipinski definition) is 6. The van der Waals surface area contributed by atoms with Crippen LogP contribution in [0.5, 0.6) is 0 Å². The van der Waals surface area contributed by atoms with Gasteiger partial charge in [-0.2, -0.15) is 0 Å². The summed E-state index contributed by atoms with van der Waals surface area (Å²) in [4.78, 5) is 33.8. The van der Waals surface area contributed by atoms with E-state index in [4.69, 9.17) is 9.72 Å². The van der Waals surface area contributed by atoms with E-state index in [-0.39, 0.29) is 35.6 Å². The standard InChI is InChI=1S/C29H35FN4O3S/c1-3-31-18(2)27(35)33-26(19-12-15-37-16-13-19)29(36)34-14-6-11-25(34)28-32-24(17-38-28)22-9-4-8-21-20(22)7-5-10-23(21)30/h4-5,7-10,17-19,25-26,31H,3,6,11-16H2,1-2H3,(H,33,35)/t18-,25-,26-/m0/s1. The first-order chi connectivity index (χ1) is 18.5. The van der Waals surface area contributed by atoms with Gasteiger partial charge in [-0.1, -0.05) is 37.3 Å². The zero-order chi connectivity index (χ0) is 26.6. The smallest absolute Gasteiger partial charge is 0.246 e. The van der Waals surface area contributed by atoms with Crippen molar-refractivity contribution < 1.29 is 18.7 Å². The van der Waals surface area contributed by atoms with Crippen molar-refractivity contribution in [3.8, 4) is 11.3 Å². The van der Waals surface area contributed by atoms with Crippen molar-refractivity contribution in [1.82, 2.24) is 20.5 Å². The number of ether oxygens (including phenoxy) is 1. The van der Waals surface area contributed by atoms with Crippen molar-refractivity contribution >= 4 is 33.9 Å². The summed E-state index contributed by atoms with van der Waals surface area (Å²) in [7, 11) is 0. The van der Waals surface area contributed by atoms with E-state index in [0.29, 0.717) is 31.7 Å². The second-order valence-corrected chi connectivity index (χ2v) is 11.0. The van der Waals surface area contributed by atoms with Gasteiger partial charge in [-0.05, 0) is 56.5 Å². The van der Waals surface area contributed by atoms with Gasteiger partial charge in [-0.15, -0.1) is 11.3 Å². The number of likely N-dealkylation sites (tertiary alicyclic amines) is 1. The first kappa shape index (κ1) is 26.7. The third-order valence-corrected chi connectivity index (χ3v) is 8.64. The molecule has 2 amide bonds. The van der Waals surface area contributed by atoms with Crippen LogP contribution in [0.4, 0.5) is 4.39 Å². The summed E-state index contributed by atoms with van der Waals surface area (Å²) < 4.78 is 19.9. The van der Waals surface area contributed by atoms with Gasteiger partial charge in [0, 0.05) is 36.1 Å². The fourth-order valence-electron chi connectivity index (χ4n) is 5.63. The van der Waals surface area contributed by atoms with Crippen LogP contribution in [-0.4, -0.2) is 60.1 Å². The summed E-state index contributed by atoms with van der Waals surface area (Å²) in [5.74, 6) is -0.419. The van der Waals surface area contributed by atoms with Gasteiger partial charge >= 0.3 is 0 Å². The molecule has 0 unspecified atom stereocenters. The Morgan fingerprint density at radius 1 is 1.16 bits per heavy atom. The van der Waals surface area contributed by atoms with E-state index in [1.165, 1.54) is 17.4 Å². The molecule has 2 saturated heterocycles. The maximum absolute atomic E-state index is 14.4. The molecule has 2 aromatic carbocycles. The molecular formula is C29H35FN4O3S. The topological polar surface area (TPSA) is 83.6 Å². The van der Waals surface area contributed by atoms with Gasteiger partial charge in [0.2, 0.25) is 11.8 Å². The van der Waals surface area contributed by atoms with Crippen LogP contribution >= 0.6 is 11.3 Å². The minimum atomic E-state index is -0.589. The predicted octanol–water partition coefficient (Wildman–Crippen LogP) is 4.68. The Bertz CT molecular complexity index is 1290. The number of nitrogens with zero attached hydrogens (tertiary/aromatic N) is 2. The van der Waals surface area contributed by atoms with Crippen LogP contribution in [0, 0.1) is 11.7 Å². The summed E-state index contributed by atoms with van der Waals surface area (Å²) in [6.45, 7) is 6.27. The monoisotopic (exact) mass is 538 g/mol. The molecule has 2 fully saturated rings. The lowest BCUT2D eigenvalue weighted by Gasteiger charge is -2.35. The molecule has 9 heteroatoms. The van der Waals surface area contributed by atoms with Gasteiger partial charge in [-0.3, -0.25) is 9.59 Å². The molecule has 2 N–H and O–H groups in total. The number of nitrogens with one attached hydrogen (secondary N) is 2. The Hall–Kier alpha value is -2.88. The van der Waals surface area contributed by atoms with E-state index < -0.39 is 6.04 Å². The van der Waals surface area contributed by atoms with E-state index in [9.17, 15) is 14.0 Å². The fraction of sp³-hybridized carbons (Fsp3) is 0.483. The number of aromatic nitrogens is 1. The van der Waals surface area contributed by atoms with Crippen LogP contribution in [0.2, 0.25) is 0 Å². The molecule has 3 aromatic rings. The largest absolute Gasteiger partial charge is 0.381 e.